The summed E-state index contributed by atoms with van der Waals surface area (Å²) in [6.45, 7) is 4.17. The lowest BCUT2D eigenvalue weighted by Crippen LogP contribution is -1.96. The molecule has 1 heterocycles. The van der Waals surface area contributed by atoms with Gasteiger partial charge in [0.25, 0.3) is 0 Å². The van der Waals surface area contributed by atoms with Crippen LogP contribution in [0.4, 0.5) is 5.69 Å². The van der Waals surface area contributed by atoms with E-state index in [-0.39, 0.29) is 0 Å². The highest BCUT2D eigenvalue weighted by molar-refractivity contribution is 7.99. The van der Waals surface area contributed by atoms with E-state index in [0.717, 1.165) is 28.5 Å². The molecule has 0 aliphatic rings. The standard InChI is InChI=1S/C14H18ClN3S/c1-9-12(10(2)18(3)17-9)6-7-19-14-5-4-11(15)8-13(14)16/h4-5,8H,6-7,16H2,1-3H3. The van der Waals surface area contributed by atoms with Crippen molar-refractivity contribution in [1.29, 1.82) is 0 Å². The largest absolute Gasteiger partial charge is 0.398 e. The van der Waals surface area contributed by atoms with Gasteiger partial charge in [0.2, 0.25) is 0 Å². The van der Waals surface area contributed by atoms with E-state index in [9.17, 15) is 0 Å². The Balaban J connectivity index is 2.00. The zero-order chi connectivity index (χ0) is 14.0. The highest BCUT2D eigenvalue weighted by Crippen LogP contribution is 2.28. The molecule has 3 nitrogen and oxygen atoms in total. The minimum atomic E-state index is 0.681. The highest BCUT2D eigenvalue weighted by atomic mass is 35.5. The molecule has 2 N–H and O–H groups in total. The maximum absolute atomic E-state index is 5.94. The average Bonchev–Trinajstić information content (AvgIpc) is 2.58. The Labute approximate surface area is 123 Å². The molecular formula is C14H18ClN3S. The third kappa shape index (κ3) is 3.25. The Morgan fingerprint density at radius 1 is 1.37 bits per heavy atom. The molecule has 0 amide bonds. The predicted octanol–water partition coefficient (Wildman–Crippen LogP) is 3.61. The van der Waals surface area contributed by atoms with Crippen LogP contribution in [0.2, 0.25) is 5.02 Å². The summed E-state index contributed by atoms with van der Waals surface area (Å²) < 4.78 is 1.94. The fraction of sp³-hybridized carbons (Fsp3) is 0.357. The molecule has 0 bridgehead atoms. The lowest BCUT2D eigenvalue weighted by atomic mass is 10.1. The number of nitrogen functional groups attached to an aromatic ring is 1. The van der Waals surface area contributed by atoms with Gasteiger partial charge in [-0.1, -0.05) is 11.6 Å². The van der Waals surface area contributed by atoms with Crippen LogP contribution in [0.5, 0.6) is 0 Å². The zero-order valence-corrected chi connectivity index (χ0v) is 13.0. The first kappa shape index (κ1) is 14.3. The second-order valence-electron chi connectivity index (χ2n) is 4.55. The van der Waals surface area contributed by atoms with E-state index in [0.29, 0.717) is 5.02 Å². The van der Waals surface area contributed by atoms with Crippen LogP contribution < -0.4 is 5.73 Å². The van der Waals surface area contributed by atoms with Crippen molar-refractivity contribution in [2.45, 2.75) is 25.2 Å². The molecular weight excluding hydrogens is 278 g/mol. The third-order valence-electron chi connectivity index (χ3n) is 3.24. The van der Waals surface area contributed by atoms with Gasteiger partial charge in [-0.05, 0) is 44.0 Å². The number of rotatable bonds is 4. The van der Waals surface area contributed by atoms with Crippen LogP contribution in [0.1, 0.15) is 17.0 Å². The van der Waals surface area contributed by atoms with Crippen LogP contribution in [0.25, 0.3) is 0 Å². The molecule has 2 rings (SSSR count). The first-order valence-corrected chi connectivity index (χ1v) is 7.52. The van der Waals surface area contributed by atoms with Crippen molar-refractivity contribution >= 4 is 29.1 Å². The molecule has 19 heavy (non-hydrogen) atoms. The van der Waals surface area contributed by atoms with E-state index < -0.39 is 0 Å². The summed E-state index contributed by atoms with van der Waals surface area (Å²) in [5.74, 6) is 0.985. The predicted molar refractivity (Wildman–Crippen MR) is 83.0 cm³/mol. The van der Waals surface area contributed by atoms with Gasteiger partial charge in [-0.15, -0.1) is 11.8 Å². The number of hydrogen-bond acceptors (Lipinski definition) is 3. The van der Waals surface area contributed by atoms with Gasteiger partial charge in [0.05, 0.1) is 5.69 Å². The average molecular weight is 296 g/mol. The first-order valence-electron chi connectivity index (χ1n) is 6.16. The van der Waals surface area contributed by atoms with Crippen molar-refractivity contribution in [2.24, 2.45) is 7.05 Å². The first-order chi connectivity index (χ1) is 8.99. The van der Waals surface area contributed by atoms with Gasteiger partial charge in [-0.25, -0.2) is 0 Å². The Bertz CT molecular complexity index is 593. The molecule has 1 aromatic heterocycles. The smallest absolute Gasteiger partial charge is 0.0628 e. The van der Waals surface area contributed by atoms with Crippen LogP contribution >= 0.6 is 23.4 Å². The normalized spacial score (nSPS) is 10.9. The number of nitrogens with two attached hydrogens (primary N) is 1. The molecule has 5 heteroatoms. The summed E-state index contributed by atoms with van der Waals surface area (Å²) in [6.07, 6.45) is 0.998. The lowest BCUT2D eigenvalue weighted by molar-refractivity contribution is 0.730. The topological polar surface area (TPSA) is 43.8 Å². The van der Waals surface area contributed by atoms with Crippen molar-refractivity contribution in [3.63, 3.8) is 0 Å². The lowest BCUT2D eigenvalue weighted by Gasteiger charge is -2.06. The number of thioether (sulfide) groups is 1. The molecule has 0 unspecified atom stereocenters. The molecule has 0 atom stereocenters. The molecule has 0 spiro atoms. The van der Waals surface area contributed by atoms with Crippen molar-refractivity contribution < 1.29 is 0 Å². The molecule has 0 saturated carbocycles. The van der Waals surface area contributed by atoms with Gasteiger partial charge < -0.3 is 5.73 Å². The van der Waals surface area contributed by atoms with E-state index in [1.54, 1.807) is 17.8 Å². The van der Waals surface area contributed by atoms with Crippen LogP contribution in [0.15, 0.2) is 23.1 Å². The quantitative estimate of drug-likeness (QED) is 0.692. The number of aromatic nitrogens is 2. The second-order valence-corrected chi connectivity index (χ2v) is 6.13. The van der Waals surface area contributed by atoms with E-state index >= 15 is 0 Å². The Morgan fingerprint density at radius 2 is 2.11 bits per heavy atom. The Morgan fingerprint density at radius 3 is 2.68 bits per heavy atom. The Kier molecular flexibility index (Phi) is 4.42. The number of anilines is 1. The van der Waals surface area contributed by atoms with Gasteiger partial charge in [0, 0.05) is 34.1 Å². The van der Waals surface area contributed by atoms with Crippen molar-refractivity contribution in [2.75, 3.05) is 11.5 Å². The third-order valence-corrected chi connectivity index (χ3v) is 4.57. The summed E-state index contributed by atoms with van der Waals surface area (Å²) in [7, 11) is 1.98. The molecule has 0 aliphatic carbocycles. The number of benzene rings is 1. The summed E-state index contributed by atoms with van der Waals surface area (Å²) >= 11 is 7.65. The zero-order valence-electron chi connectivity index (χ0n) is 11.4. The van der Waals surface area contributed by atoms with Gasteiger partial charge >= 0.3 is 0 Å². The molecule has 1 aromatic carbocycles. The highest BCUT2D eigenvalue weighted by Gasteiger charge is 2.09. The minimum absolute atomic E-state index is 0.681. The number of hydrogen-bond donors (Lipinski definition) is 1. The molecule has 0 aliphatic heterocycles. The summed E-state index contributed by atoms with van der Waals surface area (Å²) in [4.78, 5) is 1.09. The van der Waals surface area contributed by atoms with E-state index in [1.165, 1.54) is 11.3 Å². The van der Waals surface area contributed by atoms with Crippen molar-refractivity contribution in [1.82, 2.24) is 9.78 Å². The monoisotopic (exact) mass is 295 g/mol. The van der Waals surface area contributed by atoms with Gasteiger partial charge in [-0.2, -0.15) is 5.10 Å². The maximum Gasteiger partial charge on any atom is 0.0628 e. The minimum Gasteiger partial charge on any atom is -0.398 e. The van der Waals surface area contributed by atoms with E-state index in [4.69, 9.17) is 17.3 Å². The van der Waals surface area contributed by atoms with Crippen molar-refractivity contribution in [3.05, 3.63) is 40.2 Å². The maximum atomic E-state index is 5.94. The van der Waals surface area contributed by atoms with Crippen molar-refractivity contribution in [3.8, 4) is 0 Å². The Hall–Kier alpha value is -1.13. The molecule has 0 saturated heterocycles. The molecule has 0 radical (unpaired) electrons. The van der Waals surface area contributed by atoms with E-state index in [2.05, 4.69) is 18.9 Å². The molecule has 102 valence electrons. The van der Waals surface area contributed by atoms with Crippen LogP contribution in [-0.2, 0) is 13.5 Å². The van der Waals surface area contributed by atoms with Gasteiger partial charge in [0.15, 0.2) is 0 Å². The number of halogens is 1. The number of aryl methyl sites for hydroxylation is 2. The van der Waals surface area contributed by atoms with Crippen LogP contribution in [0, 0.1) is 13.8 Å². The summed E-state index contributed by atoms with van der Waals surface area (Å²) in [6, 6.07) is 5.65. The van der Waals surface area contributed by atoms with Crippen LogP contribution in [0.3, 0.4) is 0 Å². The molecule has 2 aromatic rings. The second kappa shape index (κ2) is 5.88. The summed E-state index contributed by atoms with van der Waals surface area (Å²) in [5.41, 5.74) is 10.4. The molecule has 0 fully saturated rings. The fourth-order valence-electron chi connectivity index (χ4n) is 2.09. The fourth-order valence-corrected chi connectivity index (χ4v) is 3.19. The summed E-state index contributed by atoms with van der Waals surface area (Å²) in [5, 5.41) is 5.11. The van der Waals surface area contributed by atoms with Gasteiger partial charge in [-0.3, -0.25) is 4.68 Å². The number of nitrogens with zero attached hydrogens (tertiary/aromatic N) is 2. The van der Waals surface area contributed by atoms with E-state index in [1.807, 2.05) is 23.9 Å². The van der Waals surface area contributed by atoms with Crippen LogP contribution in [-0.4, -0.2) is 15.5 Å². The van der Waals surface area contributed by atoms with Gasteiger partial charge in [0.1, 0.15) is 0 Å². The SMILES string of the molecule is Cc1nn(C)c(C)c1CCSc1ccc(Cl)cc1N.